The third-order valence-corrected chi connectivity index (χ3v) is 3.09. The van der Waals surface area contributed by atoms with Crippen molar-refractivity contribution in [3.63, 3.8) is 0 Å². The van der Waals surface area contributed by atoms with Gasteiger partial charge in [0.15, 0.2) is 0 Å². The zero-order valence-electron chi connectivity index (χ0n) is 12.2. The molecule has 2 aromatic carbocycles. The summed E-state index contributed by atoms with van der Waals surface area (Å²) >= 11 is 0. The average Bonchev–Trinajstić information content (AvgIpc) is 2.58. The van der Waals surface area contributed by atoms with Crippen molar-refractivity contribution in [1.82, 2.24) is 10.6 Å². The molecule has 2 aromatic rings. The first-order valence-corrected chi connectivity index (χ1v) is 7.17. The Bertz CT molecular complexity index is 561. The van der Waals surface area contributed by atoms with Gasteiger partial charge in [-0.1, -0.05) is 48.5 Å². The van der Waals surface area contributed by atoms with E-state index in [4.69, 9.17) is 4.74 Å². The number of urea groups is 1. The van der Waals surface area contributed by atoms with Crippen molar-refractivity contribution in [2.24, 2.45) is 0 Å². The standard InChI is InChI=1S/C17H20N2O3/c20-13-16(14-7-3-1-4-8-14)19-17(21)18-11-12-22-15-9-5-2-6-10-15/h1-10,16,20H,11-13H2,(H2,18,19,21). The van der Waals surface area contributed by atoms with Gasteiger partial charge in [0, 0.05) is 0 Å². The van der Waals surface area contributed by atoms with Gasteiger partial charge in [0.05, 0.1) is 19.2 Å². The van der Waals surface area contributed by atoms with Crippen LogP contribution in [0.5, 0.6) is 5.75 Å². The van der Waals surface area contributed by atoms with E-state index in [0.29, 0.717) is 13.2 Å². The number of para-hydroxylation sites is 1. The molecular formula is C17H20N2O3. The Morgan fingerprint density at radius 3 is 2.32 bits per heavy atom. The molecule has 22 heavy (non-hydrogen) atoms. The number of hydrogen-bond acceptors (Lipinski definition) is 3. The summed E-state index contributed by atoms with van der Waals surface area (Å²) in [4.78, 5) is 11.8. The molecule has 0 aliphatic heterocycles. The summed E-state index contributed by atoms with van der Waals surface area (Å²) in [6.07, 6.45) is 0. The fourth-order valence-electron chi connectivity index (χ4n) is 1.98. The Balaban J connectivity index is 1.71. The lowest BCUT2D eigenvalue weighted by atomic mass is 10.1. The molecule has 2 amide bonds. The van der Waals surface area contributed by atoms with Gasteiger partial charge in [0.1, 0.15) is 12.4 Å². The van der Waals surface area contributed by atoms with Crippen molar-refractivity contribution >= 4 is 6.03 Å². The Morgan fingerprint density at radius 1 is 1.05 bits per heavy atom. The normalized spacial score (nSPS) is 11.5. The Labute approximate surface area is 129 Å². The highest BCUT2D eigenvalue weighted by atomic mass is 16.5. The smallest absolute Gasteiger partial charge is 0.315 e. The number of hydrogen-bond donors (Lipinski definition) is 3. The molecule has 0 bridgehead atoms. The van der Waals surface area contributed by atoms with E-state index in [-0.39, 0.29) is 12.6 Å². The second kappa shape index (κ2) is 8.69. The maximum absolute atomic E-state index is 11.8. The van der Waals surface area contributed by atoms with Crippen molar-refractivity contribution in [3.05, 3.63) is 66.2 Å². The van der Waals surface area contributed by atoms with Crippen LogP contribution in [0.25, 0.3) is 0 Å². The molecule has 0 fully saturated rings. The molecule has 0 aromatic heterocycles. The molecule has 1 atom stereocenters. The Morgan fingerprint density at radius 2 is 1.68 bits per heavy atom. The minimum absolute atomic E-state index is 0.155. The number of benzene rings is 2. The van der Waals surface area contributed by atoms with Crippen molar-refractivity contribution in [1.29, 1.82) is 0 Å². The second-order valence-electron chi connectivity index (χ2n) is 4.71. The fourth-order valence-corrected chi connectivity index (χ4v) is 1.98. The molecule has 2 rings (SSSR count). The van der Waals surface area contributed by atoms with Crippen molar-refractivity contribution in [2.75, 3.05) is 19.8 Å². The summed E-state index contributed by atoms with van der Waals surface area (Å²) in [6.45, 7) is 0.609. The van der Waals surface area contributed by atoms with Crippen LogP contribution in [0.2, 0.25) is 0 Å². The van der Waals surface area contributed by atoms with Gasteiger partial charge >= 0.3 is 6.03 Å². The molecule has 116 valence electrons. The number of ether oxygens (including phenoxy) is 1. The van der Waals surface area contributed by atoms with Gasteiger partial charge in [0.25, 0.3) is 0 Å². The number of amides is 2. The largest absolute Gasteiger partial charge is 0.492 e. The molecule has 1 unspecified atom stereocenters. The molecule has 5 nitrogen and oxygen atoms in total. The monoisotopic (exact) mass is 300 g/mol. The van der Waals surface area contributed by atoms with Crippen LogP contribution in [-0.4, -0.2) is 30.9 Å². The van der Waals surface area contributed by atoms with Crippen LogP contribution in [0.3, 0.4) is 0 Å². The summed E-state index contributed by atoms with van der Waals surface area (Å²) in [5, 5.41) is 14.8. The Kier molecular flexibility index (Phi) is 6.26. The van der Waals surface area contributed by atoms with Gasteiger partial charge in [-0.2, -0.15) is 0 Å². The Hall–Kier alpha value is -2.53. The number of aliphatic hydroxyl groups is 1. The van der Waals surface area contributed by atoms with Gasteiger partial charge < -0.3 is 20.5 Å². The van der Waals surface area contributed by atoms with Crippen LogP contribution < -0.4 is 15.4 Å². The van der Waals surface area contributed by atoms with E-state index in [2.05, 4.69) is 10.6 Å². The number of nitrogens with one attached hydrogen (secondary N) is 2. The van der Waals surface area contributed by atoms with Crippen molar-refractivity contribution < 1.29 is 14.6 Å². The molecule has 0 saturated heterocycles. The van der Waals surface area contributed by atoms with Crippen LogP contribution >= 0.6 is 0 Å². The third-order valence-electron chi connectivity index (χ3n) is 3.09. The molecule has 0 aliphatic rings. The SMILES string of the molecule is O=C(NCCOc1ccccc1)NC(CO)c1ccccc1. The maximum atomic E-state index is 11.8. The molecule has 3 N–H and O–H groups in total. The highest BCUT2D eigenvalue weighted by Crippen LogP contribution is 2.11. The summed E-state index contributed by atoms with van der Waals surface area (Å²) < 4.78 is 5.48. The van der Waals surface area contributed by atoms with Crippen LogP contribution in [0.4, 0.5) is 4.79 Å². The molecular weight excluding hydrogens is 280 g/mol. The van der Waals surface area contributed by atoms with E-state index in [1.54, 1.807) is 0 Å². The summed E-state index contributed by atoms with van der Waals surface area (Å²) in [6, 6.07) is 18.0. The first-order valence-electron chi connectivity index (χ1n) is 7.17. The lowest BCUT2D eigenvalue weighted by molar-refractivity contribution is 0.214. The average molecular weight is 300 g/mol. The van der Waals surface area contributed by atoms with Crippen LogP contribution in [0.1, 0.15) is 11.6 Å². The molecule has 0 aliphatic carbocycles. The zero-order valence-corrected chi connectivity index (χ0v) is 12.2. The molecule has 0 heterocycles. The topological polar surface area (TPSA) is 70.6 Å². The van der Waals surface area contributed by atoms with E-state index in [9.17, 15) is 9.90 Å². The van der Waals surface area contributed by atoms with E-state index in [0.717, 1.165) is 11.3 Å². The molecule has 0 spiro atoms. The summed E-state index contributed by atoms with van der Waals surface area (Å²) in [5.74, 6) is 0.766. The lowest BCUT2D eigenvalue weighted by Gasteiger charge is -2.17. The van der Waals surface area contributed by atoms with E-state index >= 15 is 0 Å². The fraction of sp³-hybridized carbons (Fsp3) is 0.235. The highest BCUT2D eigenvalue weighted by Gasteiger charge is 2.12. The number of carbonyl (C=O) groups is 1. The number of carbonyl (C=O) groups excluding carboxylic acids is 1. The maximum Gasteiger partial charge on any atom is 0.315 e. The van der Waals surface area contributed by atoms with Crippen molar-refractivity contribution in [2.45, 2.75) is 6.04 Å². The van der Waals surface area contributed by atoms with E-state index in [1.165, 1.54) is 0 Å². The van der Waals surface area contributed by atoms with Gasteiger partial charge in [-0.05, 0) is 17.7 Å². The highest BCUT2D eigenvalue weighted by molar-refractivity contribution is 5.74. The van der Waals surface area contributed by atoms with Crippen LogP contribution in [-0.2, 0) is 0 Å². The van der Waals surface area contributed by atoms with Gasteiger partial charge in [0.2, 0.25) is 0 Å². The van der Waals surface area contributed by atoms with Gasteiger partial charge in [-0.25, -0.2) is 4.79 Å². The van der Waals surface area contributed by atoms with E-state index < -0.39 is 6.04 Å². The lowest BCUT2D eigenvalue weighted by Crippen LogP contribution is -2.40. The minimum atomic E-state index is -0.420. The summed E-state index contributed by atoms with van der Waals surface area (Å²) in [5.41, 5.74) is 0.862. The molecule has 5 heteroatoms. The predicted molar refractivity (Wildman–Crippen MR) is 84.7 cm³/mol. The van der Waals surface area contributed by atoms with Crippen LogP contribution in [0, 0.1) is 0 Å². The van der Waals surface area contributed by atoms with E-state index in [1.807, 2.05) is 60.7 Å². The first-order chi connectivity index (χ1) is 10.8. The second-order valence-corrected chi connectivity index (χ2v) is 4.71. The van der Waals surface area contributed by atoms with Crippen LogP contribution in [0.15, 0.2) is 60.7 Å². The number of aliphatic hydroxyl groups excluding tert-OH is 1. The predicted octanol–water partition coefficient (Wildman–Crippen LogP) is 2.10. The zero-order chi connectivity index (χ0) is 15.6. The third kappa shape index (κ3) is 5.10. The number of rotatable bonds is 7. The van der Waals surface area contributed by atoms with Crippen molar-refractivity contribution in [3.8, 4) is 5.75 Å². The van der Waals surface area contributed by atoms with Gasteiger partial charge in [-0.15, -0.1) is 0 Å². The molecule has 0 saturated carbocycles. The minimum Gasteiger partial charge on any atom is -0.492 e. The first kappa shape index (κ1) is 15.9. The van der Waals surface area contributed by atoms with Gasteiger partial charge in [-0.3, -0.25) is 0 Å². The molecule has 0 radical (unpaired) electrons. The summed E-state index contributed by atoms with van der Waals surface area (Å²) in [7, 11) is 0. The quantitative estimate of drug-likeness (QED) is 0.686.